The van der Waals surface area contributed by atoms with Crippen LogP contribution < -0.4 is 10.5 Å². The zero-order valence-electron chi connectivity index (χ0n) is 23.9. The fourth-order valence-electron chi connectivity index (χ4n) is 4.44. The molecule has 210 valence electrons. The van der Waals surface area contributed by atoms with Crippen molar-refractivity contribution in [2.45, 2.75) is 64.2 Å². The first kappa shape index (κ1) is 29.0. The average molecular weight is 561 g/mol. The summed E-state index contributed by atoms with van der Waals surface area (Å²) >= 11 is 0. The summed E-state index contributed by atoms with van der Waals surface area (Å²) in [7, 11) is -3.85. The molecule has 0 aliphatic rings. The summed E-state index contributed by atoms with van der Waals surface area (Å²) in [6, 6.07) is 19.1. The molecule has 0 fully saturated rings. The van der Waals surface area contributed by atoms with E-state index in [2.05, 4.69) is 10.4 Å². The Hall–Kier alpha value is -3.95. The number of primary sulfonamides is 1. The van der Waals surface area contributed by atoms with E-state index in [0.29, 0.717) is 17.1 Å². The Morgan fingerprint density at radius 1 is 0.875 bits per heavy atom. The molecule has 3 aromatic carbocycles. The van der Waals surface area contributed by atoms with Crippen LogP contribution in [-0.4, -0.2) is 29.2 Å². The molecule has 4 aromatic rings. The Balaban J connectivity index is 1.79. The molecule has 0 radical (unpaired) electrons. The van der Waals surface area contributed by atoms with E-state index in [4.69, 9.17) is 5.14 Å². The molecule has 0 saturated carbocycles. The highest BCUT2D eigenvalue weighted by atomic mass is 32.2. The van der Waals surface area contributed by atoms with Crippen LogP contribution in [-0.2, 0) is 20.9 Å². The molecule has 4 N–H and O–H groups in total. The number of phenolic OH excluding ortho intramolecular Hbond substituents is 1. The molecule has 0 aliphatic carbocycles. The fraction of sp³-hybridized carbons (Fsp3) is 0.290. The largest absolute Gasteiger partial charge is 0.507 e. The van der Waals surface area contributed by atoms with Crippen LogP contribution in [0.2, 0.25) is 0 Å². The summed E-state index contributed by atoms with van der Waals surface area (Å²) in [5.41, 5.74) is 4.64. The number of phenols is 1. The zero-order valence-corrected chi connectivity index (χ0v) is 24.7. The molecular weight excluding hydrogens is 524 g/mol. The van der Waals surface area contributed by atoms with Gasteiger partial charge in [0.2, 0.25) is 10.0 Å². The maximum atomic E-state index is 13.5. The number of nitrogens with two attached hydrogens (primary N) is 1. The number of nitrogens with one attached hydrogen (secondary N) is 1. The normalized spacial score (nSPS) is 12.4. The number of carbonyl (C=O) groups is 1. The minimum atomic E-state index is -3.85. The number of anilines is 1. The quantitative estimate of drug-likeness (QED) is 0.256. The van der Waals surface area contributed by atoms with Gasteiger partial charge in [0.25, 0.3) is 5.91 Å². The number of carbonyl (C=O) groups excluding carboxylic acids is 1. The van der Waals surface area contributed by atoms with Crippen LogP contribution in [0.15, 0.2) is 71.6 Å². The molecule has 4 rings (SSSR count). The molecule has 0 spiro atoms. The molecule has 0 unspecified atom stereocenters. The van der Waals surface area contributed by atoms with Crippen molar-refractivity contribution in [3.8, 4) is 22.7 Å². The highest BCUT2D eigenvalue weighted by molar-refractivity contribution is 7.89. The standard InChI is InChI=1S/C31H36N4O4S/c1-19-8-10-20(11-9-19)27-18-26(34-35(27)22-12-14-23(15-13-22)40(32,38)39)29(37)33-21-16-24(30(2,3)4)28(36)25(17-21)31(5,6)7/h8-18,36H,1-7H3,(H,33,37)(H2,32,38,39). The van der Waals surface area contributed by atoms with Crippen LogP contribution >= 0.6 is 0 Å². The topological polar surface area (TPSA) is 127 Å². The number of amides is 1. The Labute approximate surface area is 235 Å². The van der Waals surface area contributed by atoms with Gasteiger partial charge in [-0.2, -0.15) is 5.10 Å². The highest BCUT2D eigenvalue weighted by Gasteiger charge is 2.27. The molecule has 0 bridgehead atoms. The maximum Gasteiger partial charge on any atom is 0.276 e. The predicted molar refractivity (Wildman–Crippen MR) is 159 cm³/mol. The molecule has 0 saturated heterocycles. The second-order valence-corrected chi connectivity index (χ2v) is 13.7. The van der Waals surface area contributed by atoms with Crippen LogP contribution in [0.5, 0.6) is 5.75 Å². The third-order valence-corrected chi connectivity index (χ3v) is 7.61. The molecule has 1 amide bonds. The summed E-state index contributed by atoms with van der Waals surface area (Å²) in [4.78, 5) is 13.5. The van der Waals surface area contributed by atoms with Crippen LogP contribution in [0.4, 0.5) is 5.69 Å². The SMILES string of the molecule is Cc1ccc(-c2cc(C(=O)Nc3cc(C(C)(C)C)c(O)c(C(C)(C)C)c3)nn2-c2ccc(S(N)(=O)=O)cc2)cc1. The fourth-order valence-corrected chi connectivity index (χ4v) is 4.96. The summed E-state index contributed by atoms with van der Waals surface area (Å²) in [6.45, 7) is 14.1. The number of aromatic nitrogens is 2. The highest BCUT2D eigenvalue weighted by Crippen LogP contribution is 2.41. The van der Waals surface area contributed by atoms with Crippen LogP contribution in [0.1, 0.15) is 68.7 Å². The number of rotatable bonds is 5. The van der Waals surface area contributed by atoms with Crippen molar-refractivity contribution in [2.75, 3.05) is 5.32 Å². The van der Waals surface area contributed by atoms with Crippen LogP contribution in [0.25, 0.3) is 16.9 Å². The van der Waals surface area contributed by atoms with Crippen molar-refractivity contribution in [3.05, 3.63) is 89.1 Å². The third kappa shape index (κ3) is 6.11. The molecule has 1 heterocycles. The Morgan fingerprint density at radius 2 is 1.40 bits per heavy atom. The molecule has 0 atom stereocenters. The number of hydrogen-bond acceptors (Lipinski definition) is 5. The van der Waals surface area contributed by atoms with Gasteiger partial charge < -0.3 is 10.4 Å². The summed E-state index contributed by atoms with van der Waals surface area (Å²) in [5, 5.41) is 23.9. The van der Waals surface area contributed by atoms with Crippen molar-refractivity contribution in [3.63, 3.8) is 0 Å². The molecule has 8 nitrogen and oxygen atoms in total. The zero-order chi connectivity index (χ0) is 29.6. The summed E-state index contributed by atoms with van der Waals surface area (Å²) in [5.74, 6) is -0.189. The number of aryl methyl sites for hydroxylation is 1. The minimum absolute atomic E-state index is 0.0186. The number of nitrogens with zero attached hydrogens (tertiary/aromatic N) is 2. The molecule has 9 heteroatoms. The lowest BCUT2D eigenvalue weighted by Gasteiger charge is -2.28. The van der Waals surface area contributed by atoms with Crippen molar-refractivity contribution in [1.29, 1.82) is 0 Å². The number of sulfonamides is 1. The molecule has 40 heavy (non-hydrogen) atoms. The first-order valence-electron chi connectivity index (χ1n) is 12.9. The number of aromatic hydroxyl groups is 1. The van der Waals surface area contributed by atoms with Crippen LogP contribution in [0, 0.1) is 6.92 Å². The molecular formula is C31H36N4O4S. The second-order valence-electron chi connectivity index (χ2n) is 12.1. The van der Waals surface area contributed by atoms with Crippen molar-refractivity contribution < 1.29 is 18.3 Å². The van der Waals surface area contributed by atoms with Crippen molar-refractivity contribution in [2.24, 2.45) is 5.14 Å². The number of hydrogen-bond donors (Lipinski definition) is 3. The Kier molecular flexibility index (Phi) is 7.42. The van der Waals surface area contributed by atoms with Crippen LogP contribution in [0.3, 0.4) is 0 Å². The van der Waals surface area contributed by atoms with Gasteiger partial charge >= 0.3 is 0 Å². The van der Waals surface area contributed by atoms with E-state index >= 15 is 0 Å². The van der Waals surface area contributed by atoms with Gasteiger partial charge in [0.1, 0.15) is 5.75 Å². The van der Waals surface area contributed by atoms with Gasteiger partial charge in [-0.25, -0.2) is 18.2 Å². The van der Waals surface area contributed by atoms with E-state index in [1.165, 1.54) is 12.1 Å². The van der Waals surface area contributed by atoms with E-state index < -0.39 is 15.9 Å². The second kappa shape index (κ2) is 10.2. The minimum Gasteiger partial charge on any atom is -0.507 e. The first-order chi connectivity index (χ1) is 18.4. The van der Waals surface area contributed by atoms with E-state index in [9.17, 15) is 18.3 Å². The van der Waals surface area contributed by atoms with Crippen molar-refractivity contribution in [1.82, 2.24) is 9.78 Å². The summed E-state index contributed by atoms with van der Waals surface area (Å²) in [6.07, 6.45) is 0. The lowest BCUT2D eigenvalue weighted by Crippen LogP contribution is -2.19. The molecule has 0 aliphatic heterocycles. The van der Waals surface area contributed by atoms with E-state index in [-0.39, 0.29) is 27.2 Å². The van der Waals surface area contributed by atoms with Gasteiger partial charge in [-0.3, -0.25) is 4.79 Å². The van der Waals surface area contributed by atoms with E-state index in [0.717, 1.165) is 22.3 Å². The monoisotopic (exact) mass is 560 g/mol. The Bertz CT molecular complexity index is 1640. The smallest absolute Gasteiger partial charge is 0.276 e. The maximum absolute atomic E-state index is 13.5. The first-order valence-corrected chi connectivity index (χ1v) is 14.5. The third-order valence-electron chi connectivity index (χ3n) is 6.68. The number of benzene rings is 3. The lowest BCUT2D eigenvalue weighted by molar-refractivity contribution is 0.102. The molecule has 1 aromatic heterocycles. The Morgan fingerprint density at radius 3 is 1.88 bits per heavy atom. The average Bonchev–Trinajstić information content (AvgIpc) is 3.29. The lowest BCUT2D eigenvalue weighted by atomic mass is 9.79. The van der Waals surface area contributed by atoms with Gasteiger partial charge in [0.15, 0.2) is 5.69 Å². The van der Waals surface area contributed by atoms with Gasteiger partial charge in [0.05, 0.1) is 16.3 Å². The van der Waals surface area contributed by atoms with E-state index in [1.54, 1.807) is 35.0 Å². The van der Waals surface area contributed by atoms with Crippen molar-refractivity contribution >= 4 is 21.6 Å². The summed E-state index contributed by atoms with van der Waals surface area (Å²) < 4.78 is 25.1. The van der Waals surface area contributed by atoms with Gasteiger partial charge in [0, 0.05) is 22.4 Å². The van der Waals surface area contributed by atoms with Gasteiger partial charge in [-0.05, 0) is 60.2 Å². The van der Waals surface area contributed by atoms with E-state index in [1.807, 2.05) is 72.7 Å². The van der Waals surface area contributed by atoms with Gasteiger partial charge in [-0.1, -0.05) is 71.4 Å². The predicted octanol–water partition coefficient (Wildman–Crippen LogP) is 6.05. The van der Waals surface area contributed by atoms with Gasteiger partial charge in [-0.15, -0.1) is 0 Å².